The molecular weight excluding hydrogens is 380 g/mol. The molecule has 0 saturated heterocycles. The van der Waals surface area contributed by atoms with E-state index in [0.29, 0.717) is 40.1 Å². The molecule has 3 rings (SSSR count). The molecule has 3 aromatic rings. The highest BCUT2D eigenvalue weighted by Crippen LogP contribution is 2.32. The summed E-state index contributed by atoms with van der Waals surface area (Å²) >= 11 is 1.22. The van der Waals surface area contributed by atoms with Gasteiger partial charge < -0.3 is 15.4 Å². The summed E-state index contributed by atoms with van der Waals surface area (Å²) in [7, 11) is 1.60. The van der Waals surface area contributed by atoms with E-state index in [0.717, 1.165) is 0 Å². The minimum absolute atomic E-state index is 0.0206. The minimum atomic E-state index is -0.467. The van der Waals surface area contributed by atoms with Crippen LogP contribution in [-0.2, 0) is 4.74 Å². The van der Waals surface area contributed by atoms with Gasteiger partial charge in [-0.1, -0.05) is 29.5 Å². The molecule has 0 fully saturated rings. The molecule has 2 N–H and O–H groups in total. The maximum Gasteiger partial charge on any atom is 0.269 e. The second kappa shape index (κ2) is 9.07. The molecule has 0 saturated carbocycles. The molecule has 0 aliphatic heterocycles. The van der Waals surface area contributed by atoms with Crippen LogP contribution >= 0.6 is 11.3 Å². The van der Waals surface area contributed by atoms with Crippen molar-refractivity contribution >= 4 is 33.8 Å². The van der Waals surface area contributed by atoms with Crippen LogP contribution in [0, 0.1) is 10.1 Å². The van der Waals surface area contributed by atoms with Crippen LogP contribution in [0.3, 0.4) is 0 Å². The molecule has 1 heterocycles. The predicted octanol–water partition coefficient (Wildman–Crippen LogP) is 4.03. The smallest absolute Gasteiger partial charge is 0.269 e. The van der Waals surface area contributed by atoms with Crippen LogP contribution in [0.1, 0.15) is 9.67 Å². The molecule has 1 amide bonds. The normalized spacial score (nSPS) is 10.5. The number of carbonyl (C=O) groups excluding carboxylic acids is 1. The van der Waals surface area contributed by atoms with Crippen molar-refractivity contribution in [2.75, 3.05) is 30.9 Å². The van der Waals surface area contributed by atoms with Gasteiger partial charge in [-0.2, -0.15) is 0 Å². The summed E-state index contributed by atoms with van der Waals surface area (Å²) in [6, 6.07) is 15.1. The first-order chi connectivity index (χ1) is 13.6. The van der Waals surface area contributed by atoms with E-state index in [1.807, 2.05) is 18.2 Å². The average Bonchev–Trinajstić information content (AvgIpc) is 3.13. The largest absolute Gasteiger partial charge is 0.383 e. The number of ether oxygens (including phenoxy) is 1. The van der Waals surface area contributed by atoms with Crippen LogP contribution in [0.25, 0.3) is 11.3 Å². The summed E-state index contributed by atoms with van der Waals surface area (Å²) in [5, 5.41) is 17.4. The number of amides is 1. The van der Waals surface area contributed by atoms with Crippen LogP contribution in [0.15, 0.2) is 54.6 Å². The van der Waals surface area contributed by atoms with Crippen molar-refractivity contribution in [1.29, 1.82) is 0 Å². The second-order valence-electron chi connectivity index (χ2n) is 5.74. The van der Waals surface area contributed by atoms with Crippen LogP contribution < -0.4 is 10.6 Å². The number of methoxy groups -OCH3 is 1. The summed E-state index contributed by atoms with van der Waals surface area (Å²) in [6.45, 7) is 1.04. The number of thiazole rings is 1. The zero-order chi connectivity index (χ0) is 19.9. The van der Waals surface area contributed by atoms with Gasteiger partial charge in [-0.25, -0.2) is 4.98 Å². The SMILES string of the molecule is COCCNc1nc(-c2ccc([N+](=O)[O-])cc2)c(C(=O)Nc2ccccc2)s1. The fourth-order valence-corrected chi connectivity index (χ4v) is 3.36. The van der Waals surface area contributed by atoms with Crippen molar-refractivity contribution in [2.24, 2.45) is 0 Å². The molecular formula is C19H18N4O4S. The Morgan fingerprint density at radius 1 is 1.18 bits per heavy atom. The lowest BCUT2D eigenvalue weighted by Crippen LogP contribution is -2.11. The van der Waals surface area contributed by atoms with Crippen molar-refractivity contribution in [3.8, 4) is 11.3 Å². The molecule has 0 spiro atoms. The fourth-order valence-electron chi connectivity index (χ4n) is 2.46. The molecule has 0 bridgehead atoms. The van der Waals surface area contributed by atoms with Gasteiger partial charge in [-0.3, -0.25) is 14.9 Å². The summed E-state index contributed by atoms with van der Waals surface area (Å²) in [5.41, 5.74) is 1.74. The number of benzene rings is 2. The van der Waals surface area contributed by atoms with E-state index >= 15 is 0 Å². The number of nitrogens with zero attached hydrogens (tertiary/aromatic N) is 2. The zero-order valence-electron chi connectivity index (χ0n) is 15.0. The van der Waals surface area contributed by atoms with Crippen molar-refractivity contribution < 1.29 is 14.5 Å². The Morgan fingerprint density at radius 3 is 2.54 bits per heavy atom. The van der Waals surface area contributed by atoms with Gasteiger partial charge in [-0.05, 0) is 24.3 Å². The van der Waals surface area contributed by atoms with E-state index < -0.39 is 4.92 Å². The summed E-state index contributed by atoms with van der Waals surface area (Å²) < 4.78 is 5.02. The van der Waals surface area contributed by atoms with Gasteiger partial charge in [-0.15, -0.1) is 0 Å². The van der Waals surface area contributed by atoms with Crippen molar-refractivity contribution in [2.45, 2.75) is 0 Å². The van der Waals surface area contributed by atoms with E-state index in [4.69, 9.17) is 4.74 Å². The molecule has 0 radical (unpaired) electrons. The standard InChI is InChI=1S/C19H18N4O4S/c1-27-12-11-20-19-22-16(13-7-9-15(10-8-13)23(25)26)17(28-19)18(24)21-14-5-3-2-4-6-14/h2-10H,11-12H2,1H3,(H,20,22)(H,21,24). The molecule has 9 heteroatoms. The number of nitro groups is 1. The minimum Gasteiger partial charge on any atom is -0.383 e. The van der Waals surface area contributed by atoms with Gasteiger partial charge in [0.1, 0.15) is 4.88 Å². The maximum absolute atomic E-state index is 12.8. The highest BCUT2D eigenvalue weighted by molar-refractivity contribution is 7.18. The van der Waals surface area contributed by atoms with E-state index in [1.54, 1.807) is 31.4 Å². The molecule has 8 nitrogen and oxygen atoms in total. The first-order valence-corrected chi connectivity index (χ1v) is 9.25. The first kappa shape index (κ1) is 19.5. The highest BCUT2D eigenvalue weighted by Gasteiger charge is 2.20. The monoisotopic (exact) mass is 398 g/mol. The number of para-hydroxylation sites is 1. The van der Waals surface area contributed by atoms with Gasteiger partial charge >= 0.3 is 0 Å². The Hall–Kier alpha value is -3.30. The Morgan fingerprint density at radius 2 is 1.89 bits per heavy atom. The van der Waals surface area contributed by atoms with Crippen LogP contribution in [0.4, 0.5) is 16.5 Å². The molecule has 144 valence electrons. The molecule has 0 atom stereocenters. The Kier molecular flexibility index (Phi) is 6.30. The number of anilines is 2. The van der Waals surface area contributed by atoms with Gasteiger partial charge in [0, 0.05) is 37.0 Å². The summed E-state index contributed by atoms with van der Waals surface area (Å²) in [5.74, 6) is -0.295. The molecule has 0 unspecified atom stereocenters. The number of nitro benzene ring substituents is 1. The van der Waals surface area contributed by atoms with Gasteiger partial charge in [0.2, 0.25) is 0 Å². The topological polar surface area (TPSA) is 106 Å². The third-order valence-electron chi connectivity index (χ3n) is 3.80. The lowest BCUT2D eigenvalue weighted by Gasteiger charge is -2.05. The molecule has 0 aliphatic rings. The van der Waals surface area contributed by atoms with E-state index in [1.165, 1.54) is 23.5 Å². The van der Waals surface area contributed by atoms with Crippen molar-refractivity contribution in [1.82, 2.24) is 4.98 Å². The van der Waals surface area contributed by atoms with Crippen molar-refractivity contribution in [3.63, 3.8) is 0 Å². The molecule has 28 heavy (non-hydrogen) atoms. The zero-order valence-corrected chi connectivity index (χ0v) is 15.9. The van der Waals surface area contributed by atoms with E-state index in [2.05, 4.69) is 15.6 Å². The summed E-state index contributed by atoms with van der Waals surface area (Å²) in [6.07, 6.45) is 0. The number of nitrogens with one attached hydrogen (secondary N) is 2. The Labute approximate surface area is 165 Å². The van der Waals surface area contributed by atoms with Gasteiger partial charge in [0.25, 0.3) is 11.6 Å². The number of hydrogen-bond donors (Lipinski definition) is 2. The van der Waals surface area contributed by atoms with Crippen LogP contribution in [-0.4, -0.2) is 36.1 Å². The lowest BCUT2D eigenvalue weighted by atomic mass is 10.1. The van der Waals surface area contributed by atoms with Gasteiger partial charge in [0.15, 0.2) is 5.13 Å². The van der Waals surface area contributed by atoms with Crippen LogP contribution in [0.2, 0.25) is 0 Å². The number of aromatic nitrogens is 1. The third-order valence-corrected chi connectivity index (χ3v) is 4.81. The molecule has 0 aliphatic carbocycles. The Bertz CT molecular complexity index is 958. The first-order valence-electron chi connectivity index (χ1n) is 8.43. The number of non-ortho nitro benzene ring substituents is 1. The lowest BCUT2D eigenvalue weighted by molar-refractivity contribution is -0.384. The number of hydrogen-bond acceptors (Lipinski definition) is 7. The molecule has 2 aromatic carbocycles. The average molecular weight is 398 g/mol. The van der Waals surface area contributed by atoms with E-state index in [-0.39, 0.29) is 11.6 Å². The van der Waals surface area contributed by atoms with Crippen molar-refractivity contribution in [3.05, 3.63) is 69.6 Å². The number of rotatable bonds is 8. The highest BCUT2D eigenvalue weighted by atomic mass is 32.1. The quantitative estimate of drug-likeness (QED) is 0.337. The fraction of sp³-hybridized carbons (Fsp3) is 0.158. The van der Waals surface area contributed by atoms with Gasteiger partial charge in [0.05, 0.1) is 17.2 Å². The third kappa shape index (κ3) is 4.70. The second-order valence-corrected chi connectivity index (χ2v) is 6.74. The predicted molar refractivity (Wildman–Crippen MR) is 109 cm³/mol. The van der Waals surface area contributed by atoms with E-state index in [9.17, 15) is 14.9 Å². The number of carbonyl (C=O) groups is 1. The Balaban J connectivity index is 1.92. The maximum atomic E-state index is 12.8. The molecule has 1 aromatic heterocycles. The summed E-state index contributed by atoms with van der Waals surface area (Å²) in [4.78, 5) is 28.2. The van der Waals surface area contributed by atoms with Crippen LogP contribution in [0.5, 0.6) is 0 Å².